The van der Waals surface area contributed by atoms with Crippen molar-refractivity contribution in [1.82, 2.24) is 15.6 Å². The molecule has 7 nitrogen and oxygen atoms in total. The van der Waals surface area contributed by atoms with Gasteiger partial charge in [-0.25, -0.2) is 4.98 Å². The number of hydrogen-bond donors (Lipinski definition) is 3. The van der Waals surface area contributed by atoms with Gasteiger partial charge in [0.15, 0.2) is 5.69 Å². The van der Waals surface area contributed by atoms with Gasteiger partial charge in [0.05, 0.1) is 0 Å². The molecule has 25 heavy (non-hydrogen) atoms. The first kappa shape index (κ1) is 18.3. The minimum Gasteiger partial charge on any atom is -0.505 e. The molecule has 2 rings (SSSR count). The number of aromatic hydroxyl groups is 1. The van der Waals surface area contributed by atoms with Crippen LogP contribution in [0.5, 0.6) is 5.75 Å². The monoisotopic (exact) mass is 342 g/mol. The van der Waals surface area contributed by atoms with Crippen LogP contribution in [0.3, 0.4) is 0 Å². The first-order chi connectivity index (χ1) is 12.0. The van der Waals surface area contributed by atoms with Crippen LogP contribution in [0.2, 0.25) is 0 Å². The van der Waals surface area contributed by atoms with Crippen molar-refractivity contribution in [2.75, 3.05) is 31.6 Å². The maximum absolute atomic E-state index is 12.1. The van der Waals surface area contributed by atoms with Gasteiger partial charge in [-0.3, -0.25) is 9.59 Å². The van der Waals surface area contributed by atoms with Crippen molar-refractivity contribution in [3.05, 3.63) is 53.9 Å². The Balaban J connectivity index is 1.79. The maximum atomic E-state index is 12.1. The molecule has 1 aromatic carbocycles. The third-order valence-electron chi connectivity index (χ3n) is 3.74. The number of benzene rings is 1. The Labute approximate surface area is 146 Å². The van der Waals surface area contributed by atoms with E-state index < -0.39 is 5.91 Å². The summed E-state index contributed by atoms with van der Waals surface area (Å²) < 4.78 is 0. The number of carbonyl (C=O) groups is 2. The fourth-order valence-electron chi connectivity index (χ4n) is 2.16. The lowest BCUT2D eigenvalue weighted by Crippen LogP contribution is -2.35. The lowest BCUT2D eigenvalue weighted by molar-refractivity contribution is 0.0923. The third-order valence-corrected chi connectivity index (χ3v) is 3.74. The molecule has 132 valence electrons. The molecule has 0 spiro atoms. The van der Waals surface area contributed by atoms with Gasteiger partial charge < -0.3 is 20.6 Å². The Morgan fingerprint density at radius 1 is 1.08 bits per heavy atom. The molecule has 0 saturated heterocycles. The molecule has 0 aliphatic carbocycles. The summed E-state index contributed by atoms with van der Waals surface area (Å²) in [6.07, 6.45) is 1.43. The summed E-state index contributed by atoms with van der Waals surface area (Å²) in [7, 11) is 1.98. The fourth-order valence-corrected chi connectivity index (χ4v) is 2.16. The second-order valence-electron chi connectivity index (χ2n) is 5.44. The number of aromatic nitrogens is 1. The van der Waals surface area contributed by atoms with Gasteiger partial charge in [0, 0.05) is 44.1 Å². The van der Waals surface area contributed by atoms with E-state index >= 15 is 0 Å². The molecule has 1 heterocycles. The Hall–Kier alpha value is -3.09. The van der Waals surface area contributed by atoms with Crippen LogP contribution in [0.25, 0.3) is 0 Å². The van der Waals surface area contributed by atoms with E-state index in [2.05, 4.69) is 27.4 Å². The van der Waals surface area contributed by atoms with Crippen LogP contribution in [-0.4, -0.2) is 48.6 Å². The minimum atomic E-state index is -0.487. The number of amides is 2. The predicted octanol–water partition coefficient (Wildman–Crippen LogP) is 1.40. The number of hydrogen-bond acceptors (Lipinski definition) is 5. The van der Waals surface area contributed by atoms with E-state index in [9.17, 15) is 14.7 Å². The highest BCUT2D eigenvalue weighted by Crippen LogP contribution is 2.13. The molecule has 7 heteroatoms. The molecule has 0 atom stereocenters. The third kappa shape index (κ3) is 4.94. The molecule has 0 saturated carbocycles. The lowest BCUT2D eigenvalue weighted by Gasteiger charge is -2.16. The van der Waals surface area contributed by atoms with Crippen LogP contribution in [-0.2, 0) is 0 Å². The summed E-state index contributed by atoms with van der Waals surface area (Å²) in [5.41, 5.74) is 1.56. The molecule has 0 radical (unpaired) electrons. The Morgan fingerprint density at radius 3 is 2.32 bits per heavy atom. The SMILES string of the molecule is CCN(C)c1ccc(C(=O)NCCNC(=O)c2ncccc2O)cc1. The number of nitrogens with one attached hydrogen (secondary N) is 2. The van der Waals surface area contributed by atoms with Crippen LogP contribution >= 0.6 is 0 Å². The second-order valence-corrected chi connectivity index (χ2v) is 5.44. The Bertz CT molecular complexity index is 731. The highest BCUT2D eigenvalue weighted by Gasteiger charge is 2.11. The van der Waals surface area contributed by atoms with Gasteiger partial charge in [0.1, 0.15) is 5.75 Å². The van der Waals surface area contributed by atoms with Gasteiger partial charge >= 0.3 is 0 Å². The van der Waals surface area contributed by atoms with Crippen LogP contribution < -0.4 is 15.5 Å². The average Bonchev–Trinajstić information content (AvgIpc) is 2.64. The summed E-state index contributed by atoms with van der Waals surface area (Å²) >= 11 is 0. The molecule has 2 aromatic rings. The van der Waals surface area contributed by atoms with Gasteiger partial charge in [0.25, 0.3) is 11.8 Å². The zero-order chi connectivity index (χ0) is 18.2. The summed E-state index contributed by atoms with van der Waals surface area (Å²) in [5, 5.41) is 14.9. The summed E-state index contributed by atoms with van der Waals surface area (Å²) in [4.78, 5) is 29.8. The van der Waals surface area contributed by atoms with Crippen molar-refractivity contribution in [1.29, 1.82) is 0 Å². The molecular weight excluding hydrogens is 320 g/mol. The van der Waals surface area contributed by atoms with Crippen LogP contribution in [0.4, 0.5) is 5.69 Å². The minimum absolute atomic E-state index is 0.0375. The number of nitrogens with zero attached hydrogens (tertiary/aromatic N) is 2. The molecule has 0 bridgehead atoms. The molecule has 3 N–H and O–H groups in total. The maximum Gasteiger partial charge on any atom is 0.273 e. The van der Waals surface area contributed by atoms with Gasteiger partial charge in [-0.15, -0.1) is 0 Å². The van der Waals surface area contributed by atoms with Crippen molar-refractivity contribution >= 4 is 17.5 Å². The van der Waals surface area contributed by atoms with Crippen LogP contribution in [0.15, 0.2) is 42.6 Å². The largest absolute Gasteiger partial charge is 0.505 e. The van der Waals surface area contributed by atoms with Gasteiger partial charge in [-0.1, -0.05) is 0 Å². The van der Waals surface area contributed by atoms with Crippen LogP contribution in [0, 0.1) is 0 Å². The van der Waals surface area contributed by atoms with Crippen molar-refractivity contribution in [2.45, 2.75) is 6.92 Å². The first-order valence-electron chi connectivity index (χ1n) is 8.04. The highest BCUT2D eigenvalue weighted by molar-refractivity contribution is 5.95. The van der Waals surface area contributed by atoms with Gasteiger partial charge in [0.2, 0.25) is 0 Å². The number of rotatable bonds is 7. The van der Waals surface area contributed by atoms with Gasteiger partial charge in [-0.2, -0.15) is 0 Å². The highest BCUT2D eigenvalue weighted by atomic mass is 16.3. The van der Waals surface area contributed by atoms with Crippen molar-refractivity contribution < 1.29 is 14.7 Å². The van der Waals surface area contributed by atoms with E-state index in [0.717, 1.165) is 12.2 Å². The zero-order valence-corrected chi connectivity index (χ0v) is 14.3. The van der Waals surface area contributed by atoms with Crippen molar-refractivity contribution in [3.63, 3.8) is 0 Å². The molecule has 0 fully saturated rings. The van der Waals surface area contributed by atoms with Crippen molar-refractivity contribution in [2.24, 2.45) is 0 Å². The average molecular weight is 342 g/mol. The van der Waals surface area contributed by atoms with E-state index in [0.29, 0.717) is 5.56 Å². The Morgan fingerprint density at radius 2 is 1.72 bits per heavy atom. The van der Waals surface area contributed by atoms with Crippen LogP contribution in [0.1, 0.15) is 27.8 Å². The second kappa shape index (κ2) is 8.68. The van der Waals surface area contributed by atoms with E-state index in [1.807, 2.05) is 19.2 Å². The molecular formula is C18H22N4O3. The number of pyridine rings is 1. The first-order valence-corrected chi connectivity index (χ1v) is 8.04. The number of anilines is 1. The topological polar surface area (TPSA) is 94.6 Å². The van der Waals surface area contributed by atoms with Gasteiger partial charge in [-0.05, 0) is 43.3 Å². The lowest BCUT2D eigenvalue weighted by atomic mass is 10.2. The van der Waals surface area contributed by atoms with Crippen molar-refractivity contribution in [3.8, 4) is 5.75 Å². The summed E-state index contributed by atoms with van der Waals surface area (Å²) in [6, 6.07) is 10.2. The normalized spacial score (nSPS) is 10.2. The van der Waals surface area contributed by atoms with E-state index in [4.69, 9.17) is 0 Å². The summed E-state index contributed by atoms with van der Waals surface area (Å²) in [6.45, 7) is 3.45. The number of carbonyl (C=O) groups excluding carboxylic acids is 2. The zero-order valence-electron chi connectivity index (χ0n) is 14.3. The van der Waals surface area contributed by atoms with E-state index in [1.165, 1.54) is 18.3 Å². The molecule has 0 aliphatic heterocycles. The fraction of sp³-hybridized carbons (Fsp3) is 0.278. The smallest absolute Gasteiger partial charge is 0.273 e. The standard InChI is InChI=1S/C18H22N4O3/c1-3-22(2)14-8-6-13(7-9-14)17(24)20-11-12-21-18(25)16-15(23)5-4-10-19-16/h4-10,23H,3,11-12H2,1-2H3,(H,20,24)(H,21,25). The summed E-state index contributed by atoms with van der Waals surface area (Å²) in [5.74, 6) is -0.874. The molecule has 0 unspecified atom stereocenters. The van der Waals surface area contributed by atoms with E-state index in [-0.39, 0.29) is 30.4 Å². The molecule has 1 aromatic heterocycles. The molecule has 2 amide bonds. The Kier molecular flexibility index (Phi) is 6.33. The predicted molar refractivity (Wildman–Crippen MR) is 96.0 cm³/mol. The quantitative estimate of drug-likeness (QED) is 0.661. The molecule has 0 aliphatic rings. The van der Waals surface area contributed by atoms with E-state index in [1.54, 1.807) is 12.1 Å².